The maximum atomic E-state index is 12.3. The highest BCUT2D eigenvalue weighted by atomic mass is 16.3. The Bertz CT molecular complexity index is 327. The van der Waals surface area contributed by atoms with Gasteiger partial charge in [-0.3, -0.25) is 4.79 Å². The van der Waals surface area contributed by atoms with E-state index in [1.807, 2.05) is 4.90 Å². The van der Waals surface area contributed by atoms with E-state index in [9.17, 15) is 9.90 Å². The van der Waals surface area contributed by atoms with E-state index in [0.717, 1.165) is 13.0 Å². The van der Waals surface area contributed by atoms with Crippen molar-refractivity contribution in [3.63, 3.8) is 0 Å². The van der Waals surface area contributed by atoms with Gasteiger partial charge in [-0.2, -0.15) is 0 Å². The van der Waals surface area contributed by atoms with Crippen LogP contribution in [0.25, 0.3) is 0 Å². The van der Waals surface area contributed by atoms with Crippen LogP contribution in [0.4, 0.5) is 0 Å². The van der Waals surface area contributed by atoms with E-state index in [1.165, 1.54) is 25.7 Å². The number of nitrogens with zero attached hydrogens (tertiary/aromatic N) is 1. The number of carbonyl (C=O) groups excluding carboxylic acids is 1. The molecule has 19 heavy (non-hydrogen) atoms. The first kappa shape index (κ1) is 14.8. The molecule has 0 aromatic heterocycles. The summed E-state index contributed by atoms with van der Waals surface area (Å²) in [5.41, 5.74) is 0.402. The second kappa shape index (κ2) is 5.82. The van der Waals surface area contributed by atoms with Crippen LogP contribution in [0.2, 0.25) is 0 Å². The largest absolute Gasteiger partial charge is 0.391 e. The van der Waals surface area contributed by atoms with Gasteiger partial charge in [0.2, 0.25) is 5.91 Å². The lowest BCUT2D eigenvalue weighted by Crippen LogP contribution is -2.46. The van der Waals surface area contributed by atoms with E-state index in [-0.39, 0.29) is 12.0 Å². The van der Waals surface area contributed by atoms with Crippen molar-refractivity contribution in [2.24, 2.45) is 17.3 Å². The number of amides is 1. The standard InChI is InChI=1S/C16H29NO2/c1-12-6-8-17(11-14(12)18)15(19)9-13-5-4-7-16(2,3)10-13/h12-14,18H,4-11H2,1-3H3. The zero-order valence-corrected chi connectivity index (χ0v) is 12.7. The minimum atomic E-state index is -0.333. The first-order chi connectivity index (χ1) is 8.87. The fraction of sp³-hybridized carbons (Fsp3) is 0.938. The van der Waals surface area contributed by atoms with Crippen LogP contribution >= 0.6 is 0 Å². The minimum absolute atomic E-state index is 0.258. The van der Waals surface area contributed by atoms with Gasteiger partial charge in [-0.25, -0.2) is 0 Å². The first-order valence-electron chi connectivity index (χ1n) is 7.83. The summed E-state index contributed by atoms with van der Waals surface area (Å²) in [6.07, 6.45) is 6.20. The molecule has 0 bridgehead atoms. The average molecular weight is 267 g/mol. The molecule has 1 aliphatic heterocycles. The van der Waals surface area contributed by atoms with Gasteiger partial charge in [0.05, 0.1) is 6.10 Å². The Kier molecular flexibility index (Phi) is 4.54. The number of β-amino-alcohol motifs (C(OH)–C–C–N with tert-alkyl or cyclic N) is 1. The lowest BCUT2D eigenvalue weighted by atomic mass is 9.71. The number of aliphatic hydroxyl groups is 1. The quantitative estimate of drug-likeness (QED) is 0.836. The fourth-order valence-electron chi connectivity index (χ4n) is 3.68. The van der Waals surface area contributed by atoms with Crippen molar-refractivity contribution in [1.82, 2.24) is 4.90 Å². The lowest BCUT2D eigenvalue weighted by Gasteiger charge is -2.38. The molecule has 1 heterocycles. The van der Waals surface area contributed by atoms with Gasteiger partial charge in [0.1, 0.15) is 0 Å². The zero-order valence-electron chi connectivity index (χ0n) is 12.7. The Morgan fingerprint density at radius 2 is 2.11 bits per heavy atom. The van der Waals surface area contributed by atoms with Crippen LogP contribution in [0.5, 0.6) is 0 Å². The molecule has 2 aliphatic rings. The van der Waals surface area contributed by atoms with E-state index < -0.39 is 0 Å². The fourth-order valence-corrected chi connectivity index (χ4v) is 3.68. The number of rotatable bonds is 2. The molecule has 2 fully saturated rings. The van der Waals surface area contributed by atoms with E-state index in [1.54, 1.807) is 0 Å². The molecule has 0 radical (unpaired) electrons. The van der Waals surface area contributed by atoms with Crippen LogP contribution in [-0.4, -0.2) is 35.1 Å². The summed E-state index contributed by atoms with van der Waals surface area (Å²) < 4.78 is 0. The SMILES string of the molecule is CC1CCN(C(=O)CC2CCCC(C)(C)C2)CC1O. The van der Waals surface area contributed by atoms with Crippen LogP contribution < -0.4 is 0 Å². The third kappa shape index (κ3) is 3.95. The van der Waals surface area contributed by atoms with Crippen LogP contribution in [0.15, 0.2) is 0 Å². The molecular formula is C16H29NO2. The van der Waals surface area contributed by atoms with Crippen LogP contribution in [-0.2, 0) is 4.79 Å². The molecule has 3 unspecified atom stereocenters. The maximum absolute atomic E-state index is 12.3. The monoisotopic (exact) mass is 267 g/mol. The molecule has 0 spiro atoms. The summed E-state index contributed by atoms with van der Waals surface area (Å²) in [6, 6.07) is 0. The number of hydrogen-bond acceptors (Lipinski definition) is 2. The molecule has 3 atom stereocenters. The third-order valence-corrected chi connectivity index (χ3v) is 5.04. The Labute approximate surface area is 117 Å². The van der Waals surface area contributed by atoms with E-state index in [4.69, 9.17) is 0 Å². The van der Waals surface area contributed by atoms with Gasteiger partial charge in [-0.05, 0) is 42.9 Å². The third-order valence-electron chi connectivity index (χ3n) is 5.04. The Morgan fingerprint density at radius 3 is 2.74 bits per heavy atom. The molecule has 1 saturated heterocycles. The Morgan fingerprint density at radius 1 is 1.37 bits per heavy atom. The van der Waals surface area contributed by atoms with Gasteiger partial charge >= 0.3 is 0 Å². The number of aliphatic hydroxyl groups excluding tert-OH is 1. The molecule has 3 nitrogen and oxygen atoms in total. The van der Waals surface area contributed by atoms with Crippen molar-refractivity contribution in [2.45, 2.75) is 65.4 Å². The van der Waals surface area contributed by atoms with E-state index in [2.05, 4.69) is 20.8 Å². The topological polar surface area (TPSA) is 40.5 Å². The van der Waals surface area contributed by atoms with Gasteiger partial charge in [0.25, 0.3) is 0 Å². The normalized spacial score (nSPS) is 35.2. The molecule has 3 heteroatoms. The Balaban J connectivity index is 1.84. The molecular weight excluding hydrogens is 238 g/mol. The minimum Gasteiger partial charge on any atom is -0.391 e. The summed E-state index contributed by atoms with van der Waals surface area (Å²) in [7, 11) is 0. The predicted molar refractivity (Wildman–Crippen MR) is 76.7 cm³/mol. The first-order valence-corrected chi connectivity index (χ1v) is 7.83. The number of likely N-dealkylation sites (tertiary alicyclic amines) is 1. The van der Waals surface area contributed by atoms with Gasteiger partial charge in [-0.15, -0.1) is 0 Å². The smallest absolute Gasteiger partial charge is 0.222 e. The van der Waals surface area contributed by atoms with Crippen LogP contribution in [0.1, 0.15) is 59.3 Å². The highest BCUT2D eigenvalue weighted by Gasteiger charge is 2.32. The molecule has 1 amide bonds. The van der Waals surface area contributed by atoms with Crippen molar-refractivity contribution in [1.29, 1.82) is 0 Å². The average Bonchev–Trinajstić information content (AvgIpc) is 2.31. The predicted octanol–water partition coefficient (Wildman–Crippen LogP) is 2.82. The van der Waals surface area contributed by atoms with Crippen molar-refractivity contribution < 1.29 is 9.90 Å². The maximum Gasteiger partial charge on any atom is 0.222 e. The van der Waals surface area contributed by atoms with Crippen molar-refractivity contribution in [3.05, 3.63) is 0 Å². The second-order valence-electron chi connectivity index (χ2n) is 7.50. The molecule has 2 rings (SSSR count). The Hall–Kier alpha value is -0.570. The van der Waals surface area contributed by atoms with Crippen molar-refractivity contribution in [2.75, 3.05) is 13.1 Å². The molecule has 0 aromatic carbocycles. The summed E-state index contributed by atoms with van der Waals surface area (Å²) in [6.45, 7) is 8.06. The molecule has 110 valence electrons. The number of piperidine rings is 1. The van der Waals surface area contributed by atoms with Crippen molar-refractivity contribution in [3.8, 4) is 0 Å². The van der Waals surface area contributed by atoms with E-state index in [0.29, 0.717) is 30.2 Å². The lowest BCUT2D eigenvalue weighted by molar-refractivity contribution is -0.137. The van der Waals surface area contributed by atoms with Crippen LogP contribution in [0, 0.1) is 17.3 Å². The van der Waals surface area contributed by atoms with Crippen molar-refractivity contribution >= 4 is 5.91 Å². The summed E-state index contributed by atoms with van der Waals surface area (Å²) in [4.78, 5) is 14.2. The molecule has 1 aliphatic carbocycles. The van der Waals surface area contributed by atoms with Gasteiger partial charge in [0.15, 0.2) is 0 Å². The molecule has 1 N–H and O–H groups in total. The number of hydrogen-bond donors (Lipinski definition) is 1. The second-order valence-corrected chi connectivity index (χ2v) is 7.50. The zero-order chi connectivity index (χ0) is 14.0. The van der Waals surface area contributed by atoms with Crippen LogP contribution in [0.3, 0.4) is 0 Å². The van der Waals surface area contributed by atoms with Gasteiger partial charge in [-0.1, -0.05) is 27.2 Å². The highest BCUT2D eigenvalue weighted by molar-refractivity contribution is 5.76. The van der Waals surface area contributed by atoms with E-state index >= 15 is 0 Å². The highest BCUT2D eigenvalue weighted by Crippen LogP contribution is 2.40. The summed E-state index contributed by atoms with van der Waals surface area (Å²) >= 11 is 0. The summed E-state index contributed by atoms with van der Waals surface area (Å²) in [5, 5.41) is 9.89. The summed E-state index contributed by atoms with van der Waals surface area (Å²) in [5.74, 6) is 1.14. The van der Waals surface area contributed by atoms with Gasteiger partial charge < -0.3 is 10.0 Å². The van der Waals surface area contributed by atoms with Gasteiger partial charge in [0, 0.05) is 19.5 Å². The number of carbonyl (C=O) groups is 1. The molecule has 0 aromatic rings. The molecule has 1 saturated carbocycles.